The van der Waals surface area contributed by atoms with Crippen LogP contribution in [0.4, 0.5) is 0 Å². The molecule has 0 aromatic rings. The second-order valence-electron chi connectivity index (χ2n) is 5.02. The number of amides is 1. The van der Waals surface area contributed by atoms with Crippen molar-refractivity contribution in [2.45, 2.75) is 57.5 Å². The van der Waals surface area contributed by atoms with E-state index in [-0.39, 0.29) is 5.91 Å². The van der Waals surface area contributed by atoms with E-state index in [1.165, 1.54) is 4.90 Å². The van der Waals surface area contributed by atoms with Crippen LogP contribution in [0.3, 0.4) is 0 Å². The van der Waals surface area contributed by atoms with Gasteiger partial charge in [-0.2, -0.15) is 0 Å². The number of rotatable bonds is 4. The normalized spacial score (nSPS) is 27.9. The van der Waals surface area contributed by atoms with Crippen LogP contribution in [0.1, 0.15) is 46.5 Å². The lowest BCUT2D eigenvalue weighted by molar-refractivity contribution is -0.158. The third-order valence-corrected chi connectivity index (χ3v) is 3.94. The van der Waals surface area contributed by atoms with Crippen molar-refractivity contribution < 1.29 is 14.7 Å². The first-order valence-corrected chi connectivity index (χ1v) is 6.16. The van der Waals surface area contributed by atoms with Crippen molar-refractivity contribution in [3.8, 4) is 0 Å². The molecule has 0 saturated carbocycles. The Morgan fingerprint density at radius 1 is 1.47 bits per heavy atom. The molecule has 0 radical (unpaired) electrons. The summed E-state index contributed by atoms with van der Waals surface area (Å²) < 4.78 is 0. The molecule has 1 saturated heterocycles. The number of carboxylic acid groups (broad SMARTS) is 1. The smallest absolute Gasteiger partial charge is 0.329 e. The molecule has 1 fully saturated rings. The van der Waals surface area contributed by atoms with Crippen LogP contribution < -0.4 is 5.73 Å². The van der Waals surface area contributed by atoms with Gasteiger partial charge in [-0.05, 0) is 32.6 Å². The predicted octanol–water partition coefficient (Wildman–Crippen LogP) is 0.970. The summed E-state index contributed by atoms with van der Waals surface area (Å²) in [4.78, 5) is 25.2. The van der Waals surface area contributed by atoms with Crippen molar-refractivity contribution in [3.63, 3.8) is 0 Å². The number of carbonyl (C=O) groups excluding carboxylic acids is 1. The van der Waals surface area contributed by atoms with Gasteiger partial charge in [0.25, 0.3) is 0 Å². The Morgan fingerprint density at radius 3 is 2.47 bits per heavy atom. The topological polar surface area (TPSA) is 83.6 Å². The molecule has 2 atom stereocenters. The highest BCUT2D eigenvalue weighted by Gasteiger charge is 2.51. The lowest BCUT2D eigenvalue weighted by Gasteiger charge is -2.38. The van der Waals surface area contributed by atoms with E-state index in [0.29, 0.717) is 25.8 Å². The molecule has 1 aliphatic heterocycles. The van der Waals surface area contributed by atoms with Crippen LogP contribution in [0.5, 0.6) is 0 Å². The minimum absolute atomic E-state index is 0.248. The highest BCUT2D eigenvalue weighted by atomic mass is 16.4. The van der Waals surface area contributed by atoms with E-state index >= 15 is 0 Å². The molecule has 1 aliphatic rings. The monoisotopic (exact) mass is 242 g/mol. The van der Waals surface area contributed by atoms with Crippen molar-refractivity contribution >= 4 is 11.9 Å². The third kappa shape index (κ3) is 2.16. The molecule has 2 unspecified atom stereocenters. The van der Waals surface area contributed by atoms with E-state index in [0.717, 1.165) is 6.42 Å². The summed E-state index contributed by atoms with van der Waals surface area (Å²) in [5.41, 5.74) is 3.91. The van der Waals surface area contributed by atoms with Gasteiger partial charge in [-0.3, -0.25) is 4.79 Å². The minimum Gasteiger partial charge on any atom is -0.479 e. The maximum Gasteiger partial charge on any atom is 0.329 e. The van der Waals surface area contributed by atoms with Crippen LogP contribution in [0.25, 0.3) is 0 Å². The van der Waals surface area contributed by atoms with Crippen molar-refractivity contribution in [3.05, 3.63) is 0 Å². The fraction of sp³-hybridized carbons (Fsp3) is 0.833. The first-order valence-electron chi connectivity index (χ1n) is 6.16. The molecular weight excluding hydrogens is 220 g/mol. The Labute approximate surface area is 102 Å². The molecule has 0 aromatic heterocycles. The zero-order valence-corrected chi connectivity index (χ0v) is 10.8. The van der Waals surface area contributed by atoms with Gasteiger partial charge in [-0.1, -0.05) is 13.8 Å². The largest absolute Gasteiger partial charge is 0.479 e. The zero-order valence-electron chi connectivity index (χ0n) is 10.8. The van der Waals surface area contributed by atoms with E-state index in [1.807, 2.05) is 6.92 Å². The number of carbonyl (C=O) groups is 2. The van der Waals surface area contributed by atoms with Crippen LogP contribution in [-0.2, 0) is 9.59 Å². The van der Waals surface area contributed by atoms with Crippen molar-refractivity contribution in [2.24, 2.45) is 5.73 Å². The zero-order chi connectivity index (χ0) is 13.3. The fourth-order valence-corrected chi connectivity index (χ4v) is 2.38. The quantitative estimate of drug-likeness (QED) is 0.769. The second kappa shape index (κ2) is 4.64. The van der Waals surface area contributed by atoms with Gasteiger partial charge in [-0.15, -0.1) is 0 Å². The standard InChI is InChI=1S/C12H22N2O3/c1-4-11(3,13)9(15)14-8-6-7-12(14,5-2)10(16)17/h4-8,13H2,1-3H3,(H,16,17). The minimum atomic E-state index is -1.05. The Hall–Kier alpha value is -1.10. The molecule has 5 heteroatoms. The molecule has 0 aliphatic carbocycles. The predicted molar refractivity (Wildman–Crippen MR) is 64.5 cm³/mol. The molecule has 0 aromatic carbocycles. The summed E-state index contributed by atoms with van der Waals surface area (Å²) >= 11 is 0. The lowest BCUT2D eigenvalue weighted by Crippen LogP contribution is -2.61. The van der Waals surface area contributed by atoms with Gasteiger partial charge in [0.15, 0.2) is 0 Å². The molecule has 98 valence electrons. The Morgan fingerprint density at radius 2 is 2.06 bits per heavy atom. The van der Waals surface area contributed by atoms with E-state index in [1.54, 1.807) is 13.8 Å². The number of nitrogens with zero attached hydrogens (tertiary/aromatic N) is 1. The van der Waals surface area contributed by atoms with Gasteiger partial charge in [0.05, 0.1) is 5.54 Å². The lowest BCUT2D eigenvalue weighted by atomic mass is 9.90. The Kier molecular flexibility index (Phi) is 3.81. The second-order valence-corrected chi connectivity index (χ2v) is 5.02. The van der Waals surface area contributed by atoms with E-state index in [2.05, 4.69) is 0 Å². The van der Waals surface area contributed by atoms with Crippen LogP contribution in [0.15, 0.2) is 0 Å². The molecular formula is C12H22N2O3. The highest BCUT2D eigenvalue weighted by molar-refractivity contribution is 5.92. The van der Waals surface area contributed by atoms with Gasteiger partial charge in [-0.25, -0.2) is 4.79 Å². The number of likely N-dealkylation sites (tertiary alicyclic amines) is 1. The molecule has 1 rings (SSSR count). The average molecular weight is 242 g/mol. The Balaban J connectivity index is 3.05. The number of hydrogen-bond donors (Lipinski definition) is 2. The molecule has 3 N–H and O–H groups in total. The van der Waals surface area contributed by atoms with Gasteiger partial charge in [0, 0.05) is 6.54 Å². The first-order chi connectivity index (χ1) is 7.81. The van der Waals surface area contributed by atoms with Crippen LogP contribution in [-0.4, -0.2) is 39.5 Å². The number of carboxylic acids is 1. The summed E-state index contributed by atoms with van der Waals surface area (Å²) in [6, 6.07) is 0. The van der Waals surface area contributed by atoms with Gasteiger partial charge < -0.3 is 15.7 Å². The third-order valence-electron chi connectivity index (χ3n) is 3.94. The van der Waals surface area contributed by atoms with Gasteiger partial charge in [0.2, 0.25) is 5.91 Å². The summed E-state index contributed by atoms with van der Waals surface area (Å²) in [5.74, 6) is -1.17. The van der Waals surface area contributed by atoms with E-state index in [9.17, 15) is 14.7 Å². The van der Waals surface area contributed by atoms with Crippen LogP contribution in [0, 0.1) is 0 Å². The average Bonchev–Trinajstić information content (AvgIpc) is 2.72. The molecule has 0 spiro atoms. The van der Waals surface area contributed by atoms with Crippen LogP contribution in [0.2, 0.25) is 0 Å². The highest BCUT2D eigenvalue weighted by Crippen LogP contribution is 2.34. The number of hydrogen-bond acceptors (Lipinski definition) is 3. The van der Waals surface area contributed by atoms with E-state index in [4.69, 9.17) is 5.73 Å². The maximum atomic E-state index is 12.3. The van der Waals surface area contributed by atoms with Crippen molar-refractivity contribution in [1.29, 1.82) is 0 Å². The Bertz CT molecular complexity index is 328. The molecule has 17 heavy (non-hydrogen) atoms. The van der Waals surface area contributed by atoms with E-state index < -0.39 is 17.0 Å². The molecule has 1 amide bonds. The van der Waals surface area contributed by atoms with Crippen LogP contribution >= 0.6 is 0 Å². The summed E-state index contributed by atoms with van der Waals surface area (Å²) in [7, 11) is 0. The number of aliphatic carboxylic acids is 1. The van der Waals surface area contributed by atoms with Crippen molar-refractivity contribution in [1.82, 2.24) is 4.90 Å². The fourth-order valence-electron chi connectivity index (χ4n) is 2.38. The number of nitrogens with two attached hydrogens (primary N) is 1. The van der Waals surface area contributed by atoms with Gasteiger partial charge in [0.1, 0.15) is 5.54 Å². The molecule has 1 heterocycles. The molecule has 0 bridgehead atoms. The summed E-state index contributed by atoms with van der Waals surface area (Å²) in [6.07, 6.45) is 2.17. The van der Waals surface area contributed by atoms with Gasteiger partial charge >= 0.3 is 5.97 Å². The maximum absolute atomic E-state index is 12.3. The summed E-state index contributed by atoms with van der Waals surface area (Å²) in [6.45, 7) is 5.80. The first kappa shape index (κ1) is 14.0. The van der Waals surface area contributed by atoms with Crippen molar-refractivity contribution in [2.75, 3.05) is 6.54 Å². The molecule has 5 nitrogen and oxygen atoms in total. The summed E-state index contributed by atoms with van der Waals surface area (Å²) in [5, 5.41) is 9.39. The SMILES string of the molecule is CCC(C)(N)C(=O)N1CCCC1(CC)C(=O)O.